The third kappa shape index (κ3) is 9.29. The van der Waals surface area contributed by atoms with Crippen LogP contribution in [0.1, 0.15) is 27.7 Å². The van der Waals surface area contributed by atoms with Crippen LogP contribution in [0.4, 0.5) is 8.78 Å². The van der Waals surface area contributed by atoms with Gasteiger partial charge in [0.05, 0.1) is 0 Å². The van der Waals surface area contributed by atoms with E-state index in [-0.39, 0.29) is 0 Å². The second-order valence-corrected chi connectivity index (χ2v) is 1.58. The summed E-state index contributed by atoms with van der Waals surface area (Å²) in [4.78, 5) is 0. The molecule has 0 amide bonds. The first-order chi connectivity index (χ1) is 3.64. The monoisotopic (exact) mass is 124 g/mol. The number of alkyl halides is 2. The van der Waals surface area contributed by atoms with Gasteiger partial charge < -0.3 is 0 Å². The van der Waals surface area contributed by atoms with Gasteiger partial charge in [-0.25, -0.2) is 8.78 Å². The summed E-state index contributed by atoms with van der Waals surface area (Å²) in [5.74, 6) is -0.481. The number of rotatable bonds is 1. The van der Waals surface area contributed by atoms with Crippen molar-refractivity contribution in [3.8, 4) is 0 Å². The summed E-state index contributed by atoms with van der Waals surface area (Å²) < 4.78 is 22.3. The molecule has 0 bridgehead atoms. The van der Waals surface area contributed by atoms with Gasteiger partial charge in [0, 0.05) is 5.92 Å². The fraction of sp³-hybridized carbons (Fsp3) is 1.00. The zero-order valence-electron chi connectivity index (χ0n) is 5.91. The first-order valence-electron chi connectivity index (χ1n) is 2.92. The molecule has 0 nitrogen and oxygen atoms in total. The Kier molecular flexibility index (Phi) is 9.24. The van der Waals surface area contributed by atoms with Gasteiger partial charge in [-0.2, -0.15) is 0 Å². The molecule has 0 aromatic heterocycles. The van der Waals surface area contributed by atoms with Gasteiger partial charge in [-0.05, 0) is 0 Å². The zero-order chi connectivity index (χ0) is 7.15. The van der Waals surface area contributed by atoms with Crippen LogP contribution in [0.5, 0.6) is 0 Å². The van der Waals surface area contributed by atoms with Crippen LogP contribution < -0.4 is 0 Å². The summed E-state index contributed by atoms with van der Waals surface area (Å²) in [5.41, 5.74) is 0. The molecule has 0 saturated carbocycles. The largest absolute Gasteiger partial charge is 0.240 e. The maximum Gasteiger partial charge on any atom is 0.240 e. The maximum atomic E-state index is 11.2. The third-order valence-corrected chi connectivity index (χ3v) is 0.504. The van der Waals surface area contributed by atoms with Gasteiger partial charge in [-0.1, -0.05) is 27.7 Å². The summed E-state index contributed by atoms with van der Waals surface area (Å²) in [6, 6.07) is 0. The molecule has 0 aliphatic rings. The van der Waals surface area contributed by atoms with E-state index in [0.717, 1.165) is 0 Å². The van der Waals surface area contributed by atoms with E-state index in [1.54, 1.807) is 0 Å². The molecule has 0 fully saturated rings. The van der Waals surface area contributed by atoms with Crippen molar-refractivity contribution in [2.45, 2.75) is 34.1 Å². The third-order valence-electron chi connectivity index (χ3n) is 0.504. The summed E-state index contributed by atoms with van der Waals surface area (Å²) in [5, 5.41) is 0. The van der Waals surface area contributed by atoms with E-state index >= 15 is 0 Å². The highest BCUT2D eigenvalue weighted by atomic mass is 19.3. The molecule has 0 aliphatic carbocycles. The molecule has 2 heteroatoms. The Bertz CT molecular complexity index is 27.5. The topological polar surface area (TPSA) is 0 Å². The summed E-state index contributed by atoms with van der Waals surface area (Å²) in [6.07, 6.45) is -2.15. The molecule has 0 atom stereocenters. The van der Waals surface area contributed by atoms with Crippen molar-refractivity contribution in [3.05, 3.63) is 0 Å². The Morgan fingerprint density at radius 3 is 1.12 bits per heavy atom. The number of hydrogen-bond acceptors (Lipinski definition) is 0. The van der Waals surface area contributed by atoms with Crippen molar-refractivity contribution in [2.24, 2.45) is 5.92 Å². The van der Waals surface area contributed by atoms with Crippen LogP contribution in [0, 0.1) is 5.92 Å². The fourth-order valence-electron chi connectivity index (χ4n) is 0. The van der Waals surface area contributed by atoms with Crippen LogP contribution in [0.3, 0.4) is 0 Å². The smallest absolute Gasteiger partial charge is 0.210 e. The molecule has 0 aromatic rings. The molecule has 0 radical (unpaired) electrons. The lowest BCUT2D eigenvalue weighted by Crippen LogP contribution is -1.99. The van der Waals surface area contributed by atoms with Crippen molar-refractivity contribution >= 4 is 0 Å². The van der Waals surface area contributed by atoms with Gasteiger partial charge >= 0.3 is 0 Å². The van der Waals surface area contributed by atoms with Gasteiger partial charge in [0.25, 0.3) is 0 Å². The van der Waals surface area contributed by atoms with E-state index < -0.39 is 12.3 Å². The predicted octanol–water partition coefficient (Wildman–Crippen LogP) is 2.93. The highest BCUT2D eigenvalue weighted by Crippen LogP contribution is 2.04. The summed E-state index contributed by atoms with van der Waals surface area (Å²) in [6.45, 7) is 6.98. The number of halogens is 2. The minimum absolute atomic E-state index is 0.481. The Morgan fingerprint density at radius 2 is 1.12 bits per heavy atom. The van der Waals surface area contributed by atoms with Crippen LogP contribution >= 0.6 is 0 Å². The lowest BCUT2D eigenvalue weighted by atomic mass is 10.2. The molecule has 0 rings (SSSR count). The Morgan fingerprint density at radius 1 is 1.00 bits per heavy atom. The first kappa shape index (κ1) is 10.8. The summed E-state index contributed by atoms with van der Waals surface area (Å²) in [7, 11) is 0. The van der Waals surface area contributed by atoms with Gasteiger partial charge in [0.15, 0.2) is 0 Å². The average Bonchev–Trinajstić information content (AvgIpc) is 1.72. The van der Waals surface area contributed by atoms with Crippen LogP contribution in [0.15, 0.2) is 0 Å². The second-order valence-electron chi connectivity index (χ2n) is 1.58. The van der Waals surface area contributed by atoms with Gasteiger partial charge in [-0.3, -0.25) is 0 Å². The van der Waals surface area contributed by atoms with E-state index in [2.05, 4.69) is 0 Å². The lowest BCUT2D eigenvalue weighted by Gasteiger charge is -1.97. The average molecular weight is 124 g/mol. The molecular weight excluding hydrogens is 110 g/mol. The lowest BCUT2D eigenvalue weighted by molar-refractivity contribution is 0.0955. The van der Waals surface area contributed by atoms with Crippen molar-refractivity contribution in [2.75, 3.05) is 0 Å². The molecule has 0 aromatic carbocycles. The molecule has 0 heterocycles. The van der Waals surface area contributed by atoms with Gasteiger partial charge in [0.2, 0.25) is 6.43 Å². The van der Waals surface area contributed by atoms with Gasteiger partial charge in [0.1, 0.15) is 0 Å². The molecule has 52 valence electrons. The van der Waals surface area contributed by atoms with Crippen molar-refractivity contribution < 1.29 is 8.78 Å². The van der Waals surface area contributed by atoms with Crippen LogP contribution in [0.25, 0.3) is 0 Å². The van der Waals surface area contributed by atoms with E-state index in [1.807, 2.05) is 13.8 Å². The van der Waals surface area contributed by atoms with Gasteiger partial charge in [-0.15, -0.1) is 0 Å². The minimum atomic E-state index is -2.15. The maximum absolute atomic E-state index is 11.2. The molecule has 0 spiro atoms. The molecular formula is C6H14F2. The minimum Gasteiger partial charge on any atom is -0.210 e. The summed E-state index contributed by atoms with van der Waals surface area (Å²) >= 11 is 0. The van der Waals surface area contributed by atoms with E-state index in [9.17, 15) is 8.78 Å². The first-order valence-corrected chi connectivity index (χ1v) is 2.92. The standard InChI is InChI=1S/C4H8F2.C2H6/c1-3(2)4(5)6;1-2/h3-4H,1-2H3;1-2H3. The van der Waals surface area contributed by atoms with E-state index in [4.69, 9.17) is 0 Å². The van der Waals surface area contributed by atoms with Crippen LogP contribution in [-0.4, -0.2) is 6.43 Å². The fourth-order valence-corrected chi connectivity index (χ4v) is 0. The van der Waals surface area contributed by atoms with E-state index in [0.29, 0.717) is 0 Å². The molecule has 8 heavy (non-hydrogen) atoms. The molecule has 0 N–H and O–H groups in total. The molecule has 0 aliphatic heterocycles. The molecule has 0 saturated heterocycles. The highest BCUT2D eigenvalue weighted by Gasteiger charge is 2.05. The quantitative estimate of drug-likeness (QED) is 0.504. The van der Waals surface area contributed by atoms with E-state index in [1.165, 1.54) is 13.8 Å². The highest BCUT2D eigenvalue weighted by molar-refractivity contribution is 4.41. The van der Waals surface area contributed by atoms with Crippen molar-refractivity contribution in [3.63, 3.8) is 0 Å². The van der Waals surface area contributed by atoms with Crippen LogP contribution in [0.2, 0.25) is 0 Å². The molecule has 0 unspecified atom stereocenters. The predicted molar refractivity (Wildman–Crippen MR) is 32.2 cm³/mol. The van der Waals surface area contributed by atoms with Crippen LogP contribution in [-0.2, 0) is 0 Å². The Balaban J connectivity index is 0. The number of hydrogen-bond donors (Lipinski definition) is 0. The Hall–Kier alpha value is -0.140. The zero-order valence-corrected chi connectivity index (χ0v) is 5.91. The SMILES string of the molecule is CC.CC(C)C(F)F. The Labute approximate surface area is 49.9 Å². The van der Waals surface area contributed by atoms with Crippen molar-refractivity contribution in [1.29, 1.82) is 0 Å². The normalized spacial score (nSPS) is 9.00. The second kappa shape index (κ2) is 6.86. The van der Waals surface area contributed by atoms with Crippen molar-refractivity contribution in [1.82, 2.24) is 0 Å².